The first kappa shape index (κ1) is 11.6. The fourth-order valence-corrected chi connectivity index (χ4v) is 1.62. The van der Waals surface area contributed by atoms with Crippen molar-refractivity contribution in [3.8, 4) is 0 Å². The minimum absolute atomic E-state index is 0.359. The van der Waals surface area contributed by atoms with Crippen LogP contribution in [0.1, 0.15) is 18.7 Å². The molecule has 1 saturated carbocycles. The maximum absolute atomic E-state index is 11.6. The highest BCUT2D eigenvalue weighted by Gasteiger charge is 2.56. The van der Waals surface area contributed by atoms with Crippen molar-refractivity contribution in [2.75, 3.05) is 6.54 Å². The molecule has 17 heavy (non-hydrogen) atoms. The van der Waals surface area contributed by atoms with Crippen molar-refractivity contribution in [3.63, 3.8) is 0 Å². The van der Waals surface area contributed by atoms with Crippen molar-refractivity contribution in [1.29, 1.82) is 0 Å². The molecule has 92 valence electrons. The summed E-state index contributed by atoms with van der Waals surface area (Å²) in [6, 6.07) is 0. The molecule has 0 atom stereocenters. The van der Waals surface area contributed by atoms with E-state index in [-0.39, 0.29) is 0 Å². The molecule has 1 aromatic rings. The van der Waals surface area contributed by atoms with E-state index in [2.05, 4.69) is 15.4 Å². The highest BCUT2D eigenvalue weighted by atomic mass is 16.4. The van der Waals surface area contributed by atoms with Crippen LogP contribution in [0.15, 0.2) is 6.33 Å². The zero-order valence-electron chi connectivity index (χ0n) is 9.51. The van der Waals surface area contributed by atoms with E-state index in [0.29, 0.717) is 31.6 Å². The number of nitrogens with zero attached hydrogens (tertiary/aromatic N) is 3. The molecule has 1 aromatic heterocycles. The molecule has 1 amide bonds. The molecule has 0 radical (unpaired) electrons. The molecule has 0 saturated heterocycles. The number of nitrogens with one attached hydrogen (secondary N) is 1. The van der Waals surface area contributed by atoms with Crippen LogP contribution >= 0.6 is 0 Å². The first-order valence-electron chi connectivity index (χ1n) is 5.41. The Morgan fingerprint density at radius 3 is 2.76 bits per heavy atom. The topological polar surface area (TPSA) is 97.1 Å². The van der Waals surface area contributed by atoms with Crippen LogP contribution < -0.4 is 5.32 Å². The molecule has 1 aliphatic carbocycles. The number of carboxylic acid groups (broad SMARTS) is 1. The van der Waals surface area contributed by atoms with Gasteiger partial charge in [0.1, 0.15) is 11.7 Å². The number of aryl methyl sites for hydroxylation is 1. The highest BCUT2D eigenvalue weighted by Crippen LogP contribution is 2.45. The highest BCUT2D eigenvalue weighted by molar-refractivity contribution is 6.04. The molecular formula is C10H14N4O3. The Morgan fingerprint density at radius 2 is 2.29 bits per heavy atom. The molecule has 1 heterocycles. The molecule has 0 bridgehead atoms. The second-order valence-electron chi connectivity index (χ2n) is 4.23. The molecule has 2 rings (SSSR count). The maximum atomic E-state index is 11.6. The van der Waals surface area contributed by atoms with Gasteiger partial charge in [-0.2, -0.15) is 5.10 Å². The van der Waals surface area contributed by atoms with Crippen LogP contribution in [0.5, 0.6) is 0 Å². The monoisotopic (exact) mass is 238 g/mol. The summed E-state index contributed by atoms with van der Waals surface area (Å²) >= 11 is 0. The van der Waals surface area contributed by atoms with Crippen LogP contribution in [0.25, 0.3) is 0 Å². The number of hydrogen-bond donors (Lipinski definition) is 2. The van der Waals surface area contributed by atoms with Gasteiger partial charge in [0.05, 0.1) is 0 Å². The first-order valence-corrected chi connectivity index (χ1v) is 5.41. The normalized spacial score (nSPS) is 16.5. The lowest BCUT2D eigenvalue weighted by Crippen LogP contribution is -2.38. The maximum Gasteiger partial charge on any atom is 0.319 e. The van der Waals surface area contributed by atoms with Gasteiger partial charge in [-0.3, -0.25) is 14.3 Å². The lowest BCUT2D eigenvalue weighted by atomic mass is 10.1. The largest absolute Gasteiger partial charge is 0.480 e. The van der Waals surface area contributed by atoms with Crippen LogP contribution in [0.3, 0.4) is 0 Å². The number of carboxylic acids is 1. The SMILES string of the molecule is Cn1cnc(CCNC(=O)C2(C(=O)O)CC2)n1. The van der Waals surface area contributed by atoms with E-state index in [1.807, 2.05) is 0 Å². The predicted molar refractivity (Wildman–Crippen MR) is 57.0 cm³/mol. The quantitative estimate of drug-likeness (QED) is 0.664. The molecule has 2 N–H and O–H groups in total. The molecule has 1 fully saturated rings. The van der Waals surface area contributed by atoms with Gasteiger partial charge in [0.15, 0.2) is 5.82 Å². The number of carbonyl (C=O) groups is 2. The summed E-state index contributed by atoms with van der Waals surface area (Å²) in [4.78, 5) is 26.5. The Labute approximate surface area is 97.8 Å². The molecule has 0 aliphatic heterocycles. The Kier molecular flexibility index (Phi) is 2.83. The van der Waals surface area contributed by atoms with Crippen LogP contribution in [-0.2, 0) is 23.1 Å². The van der Waals surface area contributed by atoms with Crippen molar-refractivity contribution in [2.45, 2.75) is 19.3 Å². The summed E-state index contributed by atoms with van der Waals surface area (Å²) in [5.74, 6) is -0.806. The Bertz CT molecular complexity index is 450. The summed E-state index contributed by atoms with van der Waals surface area (Å²) in [6.45, 7) is 0.359. The molecule has 0 aromatic carbocycles. The number of hydrogen-bond acceptors (Lipinski definition) is 4. The fraction of sp³-hybridized carbons (Fsp3) is 0.600. The van der Waals surface area contributed by atoms with Gasteiger partial charge in [-0.25, -0.2) is 4.98 Å². The van der Waals surface area contributed by atoms with E-state index in [0.717, 1.165) is 0 Å². The number of rotatable bonds is 5. The zero-order chi connectivity index (χ0) is 12.5. The predicted octanol–water partition coefficient (Wildman–Crippen LogP) is -0.661. The van der Waals surface area contributed by atoms with Gasteiger partial charge >= 0.3 is 5.97 Å². The summed E-state index contributed by atoms with van der Waals surface area (Å²) in [5.41, 5.74) is -1.17. The van der Waals surface area contributed by atoms with Crippen molar-refractivity contribution in [2.24, 2.45) is 12.5 Å². The second-order valence-corrected chi connectivity index (χ2v) is 4.23. The fourth-order valence-electron chi connectivity index (χ4n) is 1.62. The van der Waals surface area contributed by atoms with Crippen molar-refractivity contribution >= 4 is 11.9 Å². The van der Waals surface area contributed by atoms with Gasteiger partial charge in [0.25, 0.3) is 0 Å². The van der Waals surface area contributed by atoms with Crippen molar-refractivity contribution in [1.82, 2.24) is 20.1 Å². The lowest BCUT2D eigenvalue weighted by Gasteiger charge is -2.09. The van der Waals surface area contributed by atoms with Gasteiger partial charge in [0, 0.05) is 20.0 Å². The lowest BCUT2D eigenvalue weighted by molar-refractivity contribution is -0.149. The van der Waals surface area contributed by atoms with Crippen molar-refractivity contribution < 1.29 is 14.7 Å². The molecule has 0 spiro atoms. The van der Waals surface area contributed by atoms with Gasteiger partial charge in [-0.1, -0.05) is 0 Å². The van der Waals surface area contributed by atoms with Crippen molar-refractivity contribution in [3.05, 3.63) is 12.2 Å². The van der Waals surface area contributed by atoms with E-state index >= 15 is 0 Å². The summed E-state index contributed by atoms with van der Waals surface area (Å²) in [6.07, 6.45) is 2.94. The Hall–Kier alpha value is -1.92. The zero-order valence-corrected chi connectivity index (χ0v) is 9.51. The van der Waals surface area contributed by atoms with Crippen LogP contribution in [0, 0.1) is 5.41 Å². The van der Waals surface area contributed by atoms with Crippen LogP contribution in [-0.4, -0.2) is 38.3 Å². The molecule has 0 unspecified atom stereocenters. The average molecular weight is 238 g/mol. The summed E-state index contributed by atoms with van der Waals surface area (Å²) in [5, 5.41) is 15.6. The third-order valence-corrected chi connectivity index (χ3v) is 2.88. The van der Waals surface area contributed by atoms with E-state index in [1.165, 1.54) is 0 Å². The molecular weight excluding hydrogens is 224 g/mol. The molecule has 1 aliphatic rings. The average Bonchev–Trinajstić information content (AvgIpc) is 2.99. The van der Waals surface area contributed by atoms with Gasteiger partial charge in [-0.15, -0.1) is 0 Å². The number of aliphatic carboxylic acids is 1. The summed E-state index contributed by atoms with van der Waals surface area (Å²) < 4.78 is 1.58. The minimum Gasteiger partial charge on any atom is -0.480 e. The molecule has 7 nitrogen and oxygen atoms in total. The molecule has 7 heteroatoms. The smallest absolute Gasteiger partial charge is 0.319 e. The third kappa shape index (κ3) is 2.27. The Morgan fingerprint density at radius 1 is 1.59 bits per heavy atom. The van der Waals surface area contributed by atoms with Gasteiger partial charge < -0.3 is 10.4 Å². The number of aromatic nitrogens is 3. The Balaban J connectivity index is 1.79. The van der Waals surface area contributed by atoms with Gasteiger partial charge in [0.2, 0.25) is 5.91 Å². The van der Waals surface area contributed by atoms with Crippen LogP contribution in [0.4, 0.5) is 0 Å². The standard InChI is InChI=1S/C10H14N4O3/c1-14-6-12-7(13-14)2-5-11-8(15)10(3-4-10)9(16)17/h6H,2-5H2,1H3,(H,11,15)(H,16,17). The first-order chi connectivity index (χ1) is 8.04. The van der Waals surface area contributed by atoms with E-state index in [4.69, 9.17) is 5.11 Å². The van der Waals surface area contributed by atoms with E-state index < -0.39 is 17.3 Å². The summed E-state index contributed by atoms with van der Waals surface area (Å²) in [7, 11) is 1.76. The van der Waals surface area contributed by atoms with E-state index in [9.17, 15) is 9.59 Å². The third-order valence-electron chi connectivity index (χ3n) is 2.88. The van der Waals surface area contributed by atoms with Crippen LogP contribution in [0.2, 0.25) is 0 Å². The van der Waals surface area contributed by atoms with E-state index in [1.54, 1.807) is 18.1 Å². The second kappa shape index (κ2) is 4.15. The number of amides is 1. The van der Waals surface area contributed by atoms with Gasteiger partial charge in [-0.05, 0) is 12.8 Å². The number of carbonyl (C=O) groups excluding carboxylic acids is 1. The minimum atomic E-state index is -1.17.